The molecule has 2 aromatic carbocycles. The van der Waals surface area contributed by atoms with Gasteiger partial charge >= 0.3 is 6.18 Å². The molecule has 0 saturated heterocycles. The minimum atomic E-state index is -4.50. The molecule has 8 heteroatoms. The molecule has 1 aliphatic heterocycles. The maximum atomic E-state index is 14.0. The van der Waals surface area contributed by atoms with Crippen LogP contribution in [0.25, 0.3) is 0 Å². The third-order valence-corrected chi connectivity index (χ3v) is 4.79. The third kappa shape index (κ3) is 3.34. The van der Waals surface area contributed by atoms with Gasteiger partial charge in [0.25, 0.3) is 0 Å². The van der Waals surface area contributed by atoms with Gasteiger partial charge < -0.3 is 5.43 Å². The smallest absolute Gasteiger partial charge is 0.324 e. The van der Waals surface area contributed by atoms with Gasteiger partial charge in [0.2, 0.25) is 0 Å². The van der Waals surface area contributed by atoms with Crippen LogP contribution < -0.4 is 11.3 Å². The Labute approximate surface area is 152 Å². The molecule has 0 saturated carbocycles. The van der Waals surface area contributed by atoms with Gasteiger partial charge in [0.15, 0.2) is 0 Å². The number of benzene rings is 2. The predicted octanol–water partition coefficient (Wildman–Crippen LogP) is 4.97. The zero-order valence-corrected chi connectivity index (χ0v) is 14.4. The second-order valence-electron chi connectivity index (χ2n) is 5.90. The normalized spacial score (nSPS) is 20.5. The number of nitrogens with one attached hydrogen (secondary N) is 1. The Kier molecular flexibility index (Phi) is 4.70. The van der Waals surface area contributed by atoms with Crippen molar-refractivity contribution in [2.75, 3.05) is 12.0 Å². The van der Waals surface area contributed by atoms with Crippen molar-refractivity contribution >= 4 is 34.6 Å². The van der Waals surface area contributed by atoms with Gasteiger partial charge in [0.1, 0.15) is 5.41 Å². The molecular formula is C17H14Cl2F3N3. The monoisotopic (exact) mass is 387 g/mol. The van der Waals surface area contributed by atoms with Crippen molar-refractivity contribution < 1.29 is 13.2 Å². The van der Waals surface area contributed by atoms with E-state index in [4.69, 9.17) is 29.0 Å². The van der Waals surface area contributed by atoms with Crippen molar-refractivity contribution in [1.82, 2.24) is 0 Å². The number of alkyl halides is 3. The van der Waals surface area contributed by atoms with E-state index in [0.717, 1.165) is 0 Å². The number of nitrogens with zero attached hydrogens (tertiary/aromatic N) is 1. The van der Waals surface area contributed by atoms with E-state index >= 15 is 0 Å². The average Bonchev–Trinajstić information content (AvgIpc) is 3.00. The molecule has 1 unspecified atom stereocenters. The van der Waals surface area contributed by atoms with Gasteiger partial charge in [0.05, 0.1) is 6.54 Å². The highest BCUT2D eigenvalue weighted by atomic mass is 35.5. The van der Waals surface area contributed by atoms with Crippen LogP contribution in [0.1, 0.15) is 17.5 Å². The Morgan fingerprint density at radius 3 is 2.16 bits per heavy atom. The van der Waals surface area contributed by atoms with Crippen LogP contribution in [0.2, 0.25) is 10.0 Å². The van der Waals surface area contributed by atoms with Crippen molar-refractivity contribution in [3.8, 4) is 0 Å². The summed E-state index contributed by atoms with van der Waals surface area (Å²) in [5.41, 5.74) is 2.03. The molecule has 1 atom stereocenters. The van der Waals surface area contributed by atoms with Crippen molar-refractivity contribution in [3.63, 3.8) is 0 Å². The van der Waals surface area contributed by atoms with Crippen LogP contribution in [-0.2, 0) is 5.41 Å². The SMILES string of the molecule is NNc1ccc(C2=NCC(c3cc(Cl)cc(Cl)c3)(C(F)(F)F)C2)cc1. The number of hydrogen-bond acceptors (Lipinski definition) is 3. The fraction of sp³-hybridized carbons (Fsp3) is 0.235. The number of anilines is 1. The van der Waals surface area contributed by atoms with Crippen LogP contribution in [0.4, 0.5) is 18.9 Å². The van der Waals surface area contributed by atoms with E-state index in [-0.39, 0.29) is 22.0 Å². The van der Waals surface area contributed by atoms with Crippen molar-refractivity contribution in [1.29, 1.82) is 0 Å². The van der Waals surface area contributed by atoms with Gasteiger partial charge in [-0.3, -0.25) is 10.8 Å². The van der Waals surface area contributed by atoms with Gasteiger partial charge in [-0.05, 0) is 41.5 Å². The summed E-state index contributed by atoms with van der Waals surface area (Å²) >= 11 is 11.8. The molecule has 0 radical (unpaired) electrons. The topological polar surface area (TPSA) is 50.4 Å². The fourth-order valence-corrected chi connectivity index (χ4v) is 3.48. The van der Waals surface area contributed by atoms with Crippen LogP contribution in [0.3, 0.4) is 0 Å². The summed E-state index contributed by atoms with van der Waals surface area (Å²) in [5, 5.41) is 0.330. The van der Waals surface area contributed by atoms with E-state index in [1.54, 1.807) is 24.3 Å². The van der Waals surface area contributed by atoms with E-state index in [1.807, 2.05) is 0 Å². The Morgan fingerprint density at radius 1 is 1.04 bits per heavy atom. The highest BCUT2D eigenvalue weighted by Crippen LogP contribution is 2.48. The molecule has 25 heavy (non-hydrogen) atoms. The minimum absolute atomic E-state index is 0.0245. The van der Waals surface area contributed by atoms with E-state index in [1.165, 1.54) is 18.2 Å². The van der Waals surface area contributed by atoms with Crippen molar-refractivity contribution in [2.24, 2.45) is 10.8 Å². The summed E-state index contributed by atoms with van der Waals surface area (Å²) in [7, 11) is 0. The molecule has 0 bridgehead atoms. The maximum absolute atomic E-state index is 14.0. The molecule has 3 N–H and O–H groups in total. The Morgan fingerprint density at radius 2 is 1.64 bits per heavy atom. The van der Waals surface area contributed by atoms with Crippen LogP contribution in [-0.4, -0.2) is 18.4 Å². The minimum Gasteiger partial charge on any atom is -0.324 e. The van der Waals surface area contributed by atoms with E-state index < -0.39 is 18.1 Å². The second kappa shape index (κ2) is 6.52. The summed E-state index contributed by atoms with van der Waals surface area (Å²) in [6.45, 7) is -0.403. The first kappa shape index (κ1) is 18.0. The molecule has 0 aromatic heterocycles. The lowest BCUT2D eigenvalue weighted by Crippen LogP contribution is -2.43. The standard InChI is InChI=1S/C17H14Cl2F3N3/c18-12-5-11(6-13(19)7-12)16(17(20,21)22)8-15(24-9-16)10-1-3-14(25-23)4-2-10/h1-7,25H,8-9,23H2. The Balaban J connectivity index is 2.00. The lowest BCUT2D eigenvalue weighted by molar-refractivity contribution is -0.183. The van der Waals surface area contributed by atoms with Crippen LogP contribution in [0.15, 0.2) is 47.5 Å². The Bertz CT molecular complexity index is 799. The van der Waals surface area contributed by atoms with Gasteiger partial charge in [-0.25, -0.2) is 0 Å². The third-order valence-electron chi connectivity index (χ3n) is 4.35. The molecule has 1 aliphatic rings. The maximum Gasteiger partial charge on any atom is 0.400 e. The lowest BCUT2D eigenvalue weighted by atomic mass is 9.76. The van der Waals surface area contributed by atoms with Gasteiger partial charge in [-0.2, -0.15) is 13.2 Å². The van der Waals surface area contributed by atoms with Crippen LogP contribution >= 0.6 is 23.2 Å². The highest BCUT2D eigenvalue weighted by molar-refractivity contribution is 6.34. The zero-order chi connectivity index (χ0) is 18.2. The zero-order valence-electron chi connectivity index (χ0n) is 12.9. The molecule has 1 heterocycles. The number of aliphatic imine (C=N–C) groups is 1. The molecular weight excluding hydrogens is 374 g/mol. The first-order valence-corrected chi connectivity index (χ1v) is 8.14. The number of nitrogen functional groups attached to an aromatic ring is 1. The number of rotatable bonds is 3. The molecule has 132 valence electrons. The lowest BCUT2D eigenvalue weighted by Gasteiger charge is -2.31. The predicted molar refractivity (Wildman–Crippen MR) is 94.5 cm³/mol. The van der Waals surface area contributed by atoms with Crippen LogP contribution in [0.5, 0.6) is 0 Å². The number of nitrogens with two attached hydrogens (primary N) is 1. The van der Waals surface area contributed by atoms with Gasteiger partial charge in [-0.1, -0.05) is 35.3 Å². The number of hydrazine groups is 1. The van der Waals surface area contributed by atoms with Crippen molar-refractivity contribution in [3.05, 3.63) is 63.6 Å². The Hall–Kier alpha value is -1.76. The van der Waals surface area contributed by atoms with Crippen molar-refractivity contribution in [2.45, 2.75) is 18.0 Å². The second-order valence-corrected chi connectivity index (χ2v) is 6.77. The fourth-order valence-electron chi connectivity index (χ4n) is 2.96. The summed E-state index contributed by atoms with van der Waals surface area (Å²) in [4.78, 5) is 4.18. The van der Waals surface area contributed by atoms with E-state index in [0.29, 0.717) is 17.0 Å². The van der Waals surface area contributed by atoms with E-state index in [9.17, 15) is 13.2 Å². The molecule has 3 nitrogen and oxygen atoms in total. The van der Waals surface area contributed by atoms with Crippen LogP contribution in [0, 0.1) is 0 Å². The molecule has 2 aromatic rings. The first-order valence-electron chi connectivity index (χ1n) is 7.39. The molecule has 0 amide bonds. The molecule has 0 aliphatic carbocycles. The quantitative estimate of drug-likeness (QED) is 0.576. The summed E-state index contributed by atoms with van der Waals surface area (Å²) < 4.78 is 42.0. The summed E-state index contributed by atoms with van der Waals surface area (Å²) in [6, 6.07) is 10.8. The number of halogens is 5. The highest BCUT2D eigenvalue weighted by Gasteiger charge is 2.58. The summed E-state index contributed by atoms with van der Waals surface area (Å²) in [5.74, 6) is 5.30. The number of hydrogen-bond donors (Lipinski definition) is 2. The first-order chi connectivity index (χ1) is 11.7. The van der Waals surface area contributed by atoms with Gasteiger partial charge in [-0.15, -0.1) is 0 Å². The van der Waals surface area contributed by atoms with Gasteiger partial charge in [0, 0.05) is 27.9 Å². The molecule has 0 spiro atoms. The largest absolute Gasteiger partial charge is 0.400 e. The average molecular weight is 388 g/mol. The summed E-state index contributed by atoms with van der Waals surface area (Å²) in [6.07, 6.45) is -4.77. The molecule has 3 rings (SSSR count). The molecule has 0 fully saturated rings. The van der Waals surface area contributed by atoms with E-state index in [2.05, 4.69) is 10.4 Å².